The number of nitrogens with one attached hydrogen (secondary N) is 4. The highest BCUT2D eigenvalue weighted by Gasteiger charge is 2.28. The van der Waals surface area contributed by atoms with Gasteiger partial charge in [0.15, 0.2) is 0 Å². The third-order valence-corrected chi connectivity index (χ3v) is 14.1. The number of rotatable bonds is 12. The van der Waals surface area contributed by atoms with E-state index in [1.807, 2.05) is 0 Å². The molecule has 0 aliphatic rings. The van der Waals surface area contributed by atoms with Crippen molar-refractivity contribution in [3.05, 3.63) is 108 Å². The van der Waals surface area contributed by atoms with Crippen LogP contribution in [-0.2, 0) is 60.7 Å². The van der Waals surface area contributed by atoms with E-state index >= 15 is 0 Å². The first-order valence-electron chi connectivity index (χ1n) is 17.2. The molecule has 6 aromatic carbocycles. The fourth-order valence-corrected chi connectivity index (χ4v) is 9.98. The number of anilines is 4. The molecule has 0 saturated carbocycles. The van der Waals surface area contributed by atoms with Crippen molar-refractivity contribution < 1.29 is 92.2 Å². The average Bonchev–Trinajstić information content (AvgIpc) is 3.18. The van der Waals surface area contributed by atoms with Crippen LogP contribution in [0.25, 0.3) is 21.5 Å². The number of fused-ring (bicyclic) bond motifs is 2. The van der Waals surface area contributed by atoms with Crippen LogP contribution < -0.4 is 21.3 Å². The molecule has 4 amide bonds. The van der Waals surface area contributed by atoms with Crippen molar-refractivity contribution in [3.63, 3.8) is 0 Å². The summed E-state index contributed by atoms with van der Waals surface area (Å²) >= 11 is 0. The Labute approximate surface area is 372 Å². The van der Waals surface area contributed by atoms with Gasteiger partial charge in [-0.2, -0.15) is 50.5 Å². The Morgan fingerprint density at radius 1 is 0.348 bits per heavy atom. The number of hydrogen-bond donors (Lipinski definition) is 10. The topological polar surface area (TPSA) is 426 Å². The number of hydrogen-bond acceptors (Lipinski definition) is 15. The molecule has 0 aromatic heterocycles. The summed E-state index contributed by atoms with van der Waals surface area (Å²) in [7, 11) is -31.2. The van der Waals surface area contributed by atoms with Gasteiger partial charge in [0.25, 0.3) is 72.5 Å². The second-order valence-corrected chi connectivity index (χ2v) is 21.9. The molecule has 0 heterocycles. The number of carbonyl (C=O) groups is 3. The van der Waals surface area contributed by atoms with E-state index < -0.39 is 141 Å². The molecule has 0 saturated heterocycles. The molecule has 0 aliphatic heterocycles. The van der Waals surface area contributed by atoms with Crippen LogP contribution in [0.4, 0.5) is 27.5 Å². The lowest BCUT2D eigenvalue weighted by molar-refractivity contribution is 0.101. The summed E-state index contributed by atoms with van der Waals surface area (Å²) in [5.74, 6) is -2.12. The van der Waals surface area contributed by atoms with E-state index in [2.05, 4.69) is 21.3 Å². The maximum Gasteiger partial charge on any atom is 0.323 e. The summed E-state index contributed by atoms with van der Waals surface area (Å²) in [5, 5.41) is 6.85. The summed E-state index contributed by atoms with van der Waals surface area (Å²) < 4.78 is 203. The van der Waals surface area contributed by atoms with Crippen molar-refractivity contribution in [1.29, 1.82) is 0 Å². The highest BCUT2D eigenvalue weighted by Crippen LogP contribution is 2.37. The minimum Gasteiger partial charge on any atom is -0.321 e. The summed E-state index contributed by atoms with van der Waals surface area (Å²) in [5.41, 5.74) is -1.63. The lowest BCUT2D eigenvalue weighted by Gasteiger charge is -2.15. The number of benzene rings is 6. The van der Waals surface area contributed by atoms with Gasteiger partial charge in [0.1, 0.15) is 9.79 Å². The third kappa shape index (κ3) is 10.9. The first-order chi connectivity index (χ1) is 30.2. The summed E-state index contributed by atoms with van der Waals surface area (Å²) in [4.78, 5) is 32.9. The zero-order chi connectivity index (χ0) is 49.1. The minimum atomic E-state index is -5.33. The Bertz CT molecular complexity index is 3530. The van der Waals surface area contributed by atoms with Gasteiger partial charge < -0.3 is 21.3 Å². The smallest absolute Gasteiger partial charge is 0.321 e. The fourth-order valence-electron chi connectivity index (χ4n) is 6.14. The number of urea groups is 1. The average molecular weight is 1030 g/mol. The normalized spacial score (nSPS) is 12.7. The van der Waals surface area contributed by atoms with Crippen LogP contribution in [0.1, 0.15) is 20.7 Å². The van der Waals surface area contributed by atoms with Gasteiger partial charge in [-0.3, -0.25) is 36.9 Å². The lowest BCUT2D eigenvalue weighted by Crippen LogP contribution is -2.20. The van der Waals surface area contributed by atoms with E-state index in [0.717, 1.165) is 24.3 Å². The second-order valence-electron chi connectivity index (χ2n) is 13.5. The van der Waals surface area contributed by atoms with Gasteiger partial charge in [-0.25, -0.2) is 4.79 Å². The predicted octanol–water partition coefficient (Wildman–Crippen LogP) is 3.62. The van der Waals surface area contributed by atoms with Gasteiger partial charge in [-0.15, -0.1) is 0 Å². The maximum atomic E-state index is 13.3. The SMILES string of the molecule is O=C(Nc1ccc(C(=O)Nc2cc(S(=O)(=O)O)cc3cc(S(=O)(=O)O)cc(S(=O)(=O)O)c23)cc1)Nc1ccc(C(=O)Nc2cc(S(=O)(=O)O)cc3cc(S(=O)(=O)O)cc(S(=O)(=O)O)c23)cc1. The molecule has 31 heteroatoms. The van der Waals surface area contributed by atoms with Gasteiger partial charge in [0, 0.05) is 33.3 Å². The van der Waals surface area contributed by atoms with Crippen molar-refractivity contribution in [2.45, 2.75) is 29.4 Å². The molecule has 0 unspecified atom stereocenters. The van der Waals surface area contributed by atoms with Crippen LogP contribution in [0.2, 0.25) is 0 Å². The largest absolute Gasteiger partial charge is 0.323 e. The predicted molar refractivity (Wildman–Crippen MR) is 228 cm³/mol. The van der Waals surface area contributed by atoms with E-state index in [1.165, 1.54) is 24.3 Å². The van der Waals surface area contributed by atoms with Gasteiger partial charge in [0.2, 0.25) is 0 Å². The molecule has 0 atom stereocenters. The minimum absolute atomic E-state index is 0.0533. The van der Waals surface area contributed by atoms with Crippen molar-refractivity contribution >= 4 is 123 Å². The molecule has 10 N–H and O–H groups in total. The summed E-state index contributed by atoms with van der Waals surface area (Å²) in [6, 6.07) is 12.8. The van der Waals surface area contributed by atoms with Crippen LogP contribution in [0.15, 0.2) is 126 Å². The van der Waals surface area contributed by atoms with Crippen LogP contribution in [0.3, 0.4) is 0 Å². The van der Waals surface area contributed by atoms with Gasteiger partial charge in [0.05, 0.1) is 31.0 Å². The van der Waals surface area contributed by atoms with Gasteiger partial charge in [-0.05, 0) is 108 Å². The maximum absolute atomic E-state index is 13.3. The Kier molecular flexibility index (Phi) is 12.7. The van der Waals surface area contributed by atoms with Crippen molar-refractivity contribution in [2.24, 2.45) is 0 Å². The Morgan fingerprint density at radius 3 is 0.879 bits per heavy atom. The van der Waals surface area contributed by atoms with Crippen molar-refractivity contribution in [2.75, 3.05) is 21.3 Å². The Balaban J connectivity index is 1.19. The van der Waals surface area contributed by atoms with E-state index in [0.29, 0.717) is 48.5 Å². The molecule has 25 nitrogen and oxygen atoms in total. The van der Waals surface area contributed by atoms with E-state index in [-0.39, 0.29) is 22.5 Å². The van der Waals surface area contributed by atoms with Crippen LogP contribution in [0.5, 0.6) is 0 Å². The van der Waals surface area contributed by atoms with E-state index in [1.54, 1.807) is 0 Å². The Hall–Kier alpha value is -6.49. The molecule has 0 aliphatic carbocycles. The van der Waals surface area contributed by atoms with Gasteiger partial charge >= 0.3 is 6.03 Å². The molecule has 6 aromatic rings. The molecule has 66 heavy (non-hydrogen) atoms. The van der Waals surface area contributed by atoms with Crippen molar-refractivity contribution in [1.82, 2.24) is 0 Å². The fraction of sp³-hybridized carbons (Fsp3) is 0. The van der Waals surface area contributed by atoms with Crippen molar-refractivity contribution in [3.8, 4) is 0 Å². The zero-order valence-electron chi connectivity index (χ0n) is 32.0. The van der Waals surface area contributed by atoms with E-state index in [4.69, 9.17) is 0 Å². The first-order valence-corrected chi connectivity index (χ1v) is 25.8. The summed E-state index contributed by atoms with van der Waals surface area (Å²) in [6.45, 7) is 0. The molecule has 6 rings (SSSR count). The molecular weight excluding hydrogens is 1000 g/mol. The second kappa shape index (κ2) is 17.1. The standard InChI is InChI=1S/C35H26N4O21S6/c40-33(38-27-13-23(61(43,44)45)9-19-11-25(63(49,50)51)15-29(31(19)27)65(55,56)57)17-1-5-21(6-2-17)36-35(42)37-22-7-3-18(4-8-22)34(41)39-28-14-24(62(46,47)48)10-20-12-26(64(52,53)54)16-30(32(20)28)66(58,59)60/h1-16H,(H,38,40)(H,39,41)(H2,36,37,42)(H,43,44,45)(H,46,47,48)(H,49,50,51)(H,52,53,54)(H,55,56,57)(H,58,59,60). The van der Waals surface area contributed by atoms with Gasteiger partial charge in [-0.1, -0.05) is 0 Å². The Morgan fingerprint density at radius 2 is 0.621 bits per heavy atom. The highest BCUT2D eigenvalue weighted by atomic mass is 32.2. The summed E-state index contributed by atoms with van der Waals surface area (Å²) in [6.07, 6.45) is 0. The molecular formula is C35H26N4O21S6. The van der Waals surface area contributed by atoms with Crippen LogP contribution >= 0.6 is 0 Å². The lowest BCUT2D eigenvalue weighted by atomic mass is 10.1. The molecule has 0 fully saturated rings. The zero-order valence-corrected chi connectivity index (χ0v) is 36.9. The van der Waals surface area contributed by atoms with Crippen LogP contribution in [0, 0.1) is 0 Å². The van der Waals surface area contributed by atoms with E-state index in [9.17, 15) is 92.2 Å². The highest BCUT2D eigenvalue weighted by molar-refractivity contribution is 7.87. The third-order valence-electron chi connectivity index (χ3n) is 8.97. The monoisotopic (exact) mass is 1030 g/mol. The molecule has 0 bridgehead atoms. The molecule has 0 radical (unpaired) electrons. The number of amides is 4. The molecule has 348 valence electrons. The van der Waals surface area contributed by atoms with Crippen LogP contribution in [-0.4, -0.2) is 95.7 Å². The molecule has 0 spiro atoms. The first kappa shape index (κ1) is 49.0. The quantitative estimate of drug-likeness (QED) is 0.0782. The number of carbonyl (C=O) groups excluding carboxylic acids is 3.